The smallest absolute Gasteiger partial charge is 0.0368 e. The minimum absolute atomic E-state index is 0.630. The summed E-state index contributed by atoms with van der Waals surface area (Å²) in [5.74, 6) is 0.660. The van der Waals surface area contributed by atoms with Crippen LogP contribution in [0.4, 0.5) is 5.69 Å². The van der Waals surface area contributed by atoms with Crippen LogP contribution in [0.1, 0.15) is 39.0 Å². The van der Waals surface area contributed by atoms with E-state index in [0.29, 0.717) is 12.0 Å². The predicted octanol–water partition coefficient (Wildman–Crippen LogP) is 3.42. The average molecular weight is 246 g/mol. The largest absolute Gasteiger partial charge is 0.369 e. The summed E-state index contributed by atoms with van der Waals surface area (Å²) in [6, 6.07) is 11.4. The molecule has 0 bridgehead atoms. The summed E-state index contributed by atoms with van der Waals surface area (Å²) in [4.78, 5) is 2.56. The fourth-order valence-electron chi connectivity index (χ4n) is 3.28. The van der Waals surface area contributed by atoms with Crippen LogP contribution in [0.2, 0.25) is 0 Å². The van der Waals surface area contributed by atoms with Crippen molar-refractivity contribution in [3.05, 3.63) is 30.3 Å². The lowest BCUT2D eigenvalue weighted by Crippen LogP contribution is -2.43. The lowest BCUT2D eigenvalue weighted by atomic mass is 9.93. The first-order valence-electron chi connectivity index (χ1n) is 7.38. The topological polar surface area (TPSA) is 29.3 Å². The zero-order chi connectivity index (χ0) is 12.8. The Morgan fingerprint density at radius 1 is 1.11 bits per heavy atom. The lowest BCUT2D eigenvalue weighted by Gasteiger charge is -2.37. The van der Waals surface area contributed by atoms with E-state index in [1.165, 1.54) is 37.8 Å². The van der Waals surface area contributed by atoms with Crippen LogP contribution in [-0.4, -0.2) is 19.1 Å². The zero-order valence-corrected chi connectivity index (χ0v) is 11.5. The highest BCUT2D eigenvalue weighted by Crippen LogP contribution is 2.30. The van der Waals surface area contributed by atoms with Gasteiger partial charge in [0, 0.05) is 18.3 Å². The Labute approximate surface area is 111 Å². The van der Waals surface area contributed by atoms with E-state index in [-0.39, 0.29) is 0 Å². The quantitative estimate of drug-likeness (QED) is 0.825. The van der Waals surface area contributed by atoms with E-state index in [1.54, 1.807) is 0 Å². The lowest BCUT2D eigenvalue weighted by molar-refractivity contribution is 0.385. The average Bonchev–Trinajstić information content (AvgIpc) is 2.66. The molecular formula is C16H26N2. The van der Waals surface area contributed by atoms with E-state index in [4.69, 9.17) is 5.73 Å². The maximum absolute atomic E-state index is 6.01. The number of para-hydroxylation sites is 1. The Balaban J connectivity index is 2.19. The molecule has 100 valence electrons. The van der Waals surface area contributed by atoms with Crippen LogP contribution >= 0.6 is 0 Å². The van der Waals surface area contributed by atoms with Crippen molar-refractivity contribution in [1.29, 1.82) is 0 Å². The molecule has 0 saturated heterocycles. The molecule has 0 heterocycles. The minimum Gasteiger partial charge on any atom is -0.369 e. The van der Waals surface area contributed by atoms with Gasteiger partial charge in [-0.3, -0.25) is 0 Å². The Hall–Kier alpha value is -1.02. The molecule has 1 fully saturated rings. The number of hydrogen-bond acceptors (Lipinski definition) is 2. The van der Waals surface area contributed by atoms with Crippen molar-refractivity contribution < 1.29 is 0 Å². The fourth-order valence-corrected chi connectivity index (χ4v) is 3.28. The van der Waals surface area contributed by atoms with Crippen molar-refractivity contribution in [2.45, 2.75) is 45.1 Å². The van der Waals surface area contributed by atoms with Crippen LogP contribution in [0.3, 0.4) is 0 Å². The summed E-state index contributed by atoms with van der Waals surface area (Å²) in [5.41, 5.74) is 7.36. The highest BCUT2D eigenvalue weighted by atomic mass is 15.2. The van der Waals surface area contributed by atoms with Gasteiger partial charge in [0.1, 0.15) is 0 Å². The summed E-state index contributed by atoms with van der Waals surface area (Å²) in [6.45, 7) is 4.16. The summed E-state index contributed by atoms with van der Waals surface area (Å²) in [7, 11) is 0. The van der Waals surface area contributed by atoms with E-state index in [9.17, 15) is 0 Å². The van der Waals surface area contributed by atoms with Crippen LogP contribution in [-0.2, 0) is 0 Å². The number of nitrogens with two attached hydrogens (primary N) is 1. The standard InChI is InChI=1S/C16H26N2/c1-2-18(15-10-6-4-7-11-15)16-12-8-3-5-9-14(16)13-17/h4,6-7,10-11,14,16H,2-3,5,8-9,12-13,17H2,1H3. The molecule has 2 nitrogen and oxygen atoms in total. The predicted molar refractivity (Wildman–Crippen MR) is 78.9 cm³/mol. The molecule has 1 aliphatic rings. The first-order chi connectivity index (χ1) is 8.86. The molecule has 0 aliphatic heterocycles. The highest BCUT2D eigenvalue weighted by molar-refractivity contribution is 5.47. The molecule has 0 amide bonds. The Morgan fingerprint density at radius 2 is 1.83 bits per heavy atom. The Bertz CT molecular complexity index is 336. The van der Waals surface area contributed by atoms with Gasteiger partial charge in [-0.1, -0.05) is 37.5 Å². The second-order valence-electron chi connectivity index (χ2n) is 5.32. The molecule has 2 heteroatoms. The SMILES string of the molecule is CCN(c1ccccc1)C1CCCCCC1CN. The van der Waals surface area contributed by atoms with Gasteiger partial charge in [0.25, 0.3) is 0 Å². The number of anilines is 1. The molecule has 1 saturated carbocycles. The number of hydrogen-bond donors (Lipinski definition) is 1. The van der Waals surface area contributed by atoms with Crippen LogP contribution in [0.5, 0.6) is 0 Å². The third-order valence-electron chi connectivity index (χ3n) is 4.25. The fraction of sp³-hybridized carbons (Fsp3) is 0.625. The van der Waals surface area contributed by atoms with E-state index in [1.807, 2.05) is 0 Å². The summed E-state index contributed by atoms with van der Waals surface area (Å²) in [5, 5.41) is 0. The molecule has 1 aromatic carbocycles. The molecule has 0 aromatic heterocycles. The van der Waals surface area contributed by atoms with Gasteiger partial charge < -0.3 is 10.6 Å². The molecule has 2 N–H and O–H groups in total. The van der Waals surface area contributed by atoms with E-state index >= 15 is 0 Å². The minimum atomic E-state index is 0.630. The Morgan fingerprint density at radius 3 is 2.50 bits per heavy atom. The van der Waals surface area contributed by atoms with Gasteiger partial charge in [0.05, 0.1) is 0 Å². The molecule has 2 atom stereocenters. The van der Waals surface area contributed by atoms with Crippen LogP contribution < -0.4 is 10.6 Å². The summed E-state index contributed by atoms with van der Waals surface area (Å²) >= 11 is 0. The van der Waals surface area contributed by atoms with E-state index in [0.717, 1.165) is 13.1 Å². The summed E-state index contributed by atoms with van der Waals surface area (Å²) in [6.07, 6.45) is 6.67. The first-order valence-corrected chi connectivity index (χ1v) is 7.38. The van der Waals surface area contributed by atoms with Gasteiger partial charge >= 0.3 is 0 Å². The van der Waals surface area contributed by atoms with Gasteiger partial charge in [-0.25, -0.2) is 0 Å². The Kier molecular flexibility index (Phi) is 5.06. The normalized spacial score (nSPS) is 24.6. The van der Waals surface area contributed by atoms with Gasteiger partial charge in [-0.2, -0.15) is 0 Å². The third kappa shape index (κ3) is 3.05. The molecule has 2 unspecified atom stereocenters. The third-order valence-corrected chi connectivity index (χ3v) is 4.25. The van der Waals surface area contributed by atoms with Crippen LogP contribution in [0, 0.1) is 5.92 Å². The van der Waals surface area contributed by atoms with E-state index < -0.39 is 0 Å². The van der Waals surface area contributed by atoms with Crippen LogP contribution in [0.15, 0.2) is 30.3 Å². The van der Waals surface area contributed by atoms with Gasteiger partial charge in [-0.15, -0.1) is 0 Å². The molecule has 2 rings (SSSR count). The van der Waals surface area contributed by atoms with E-state index in [2.05, 4.69) is 42.2 Å². The maximum Gasteiger partial charge on any atom is 0.0368 e. The van der Waals surface area contributed by atoms with Gasteiger partial charge in [0.2, 0.25) is 0 Å². The first kappa shape index (κ1) is 13.4. The summed E-state index contributed by atoms with van der Waals surface area (Å²) < 4.78 is 0. The molecule has 1 aliphatic carbocycles. The van der Waals surface area contributed by atoms with Crippen LogP contribution in [0.25, 0.3) is 0 Å². The van der Waals surface area contributed by atoms with Crippen molar-refractivity contribution in [2.75, 3.05) is 18.0 Å². The van der Waals surface area contributed by atoms with Gasteiger partial charge in [0.15, 0.2) is 0 Å². The van der Waals surface area contributed by atoms with Crippen molar-refractivity contribution >= 4 is 5.69 Å². The number of rotatable bonds is 4. The maximum atomic E-state index is 6.01. The highest BCUT2D eigenvalue weighted by Gasteiger charge is 2.27. The van der Waals surface area contributed by atoms with Crippen molar-refractivity contribution in [3.63, 3.8) is 0 Å². The molecule has 0 radical (unpaired) electrons. The van der Waals surface area contributed by atoms with Crippen molar-refractivity contribution in [1.82, 2.24) is 0 Å². The van der Waals surface area contributed by atoms with Crippen molar-refractivity contribution in [2.24, 2.45) is 11.7 Å². The monoisotopic (exact) mass is 246 g/mol. The van der Waals surface area contributed by atoms with Crippen molar-refractivity contribution in [3.8, 4) is 0 Å². The second-order valence-corrected chi connectivity index (χ2v) is 5.32. The molecule has 1 aromatic rings. The van der Waals surface area contributed by atoms with Gasteiger partial charge in [-0.05, 0) is 44.4 Å². The second kappa shape index (κ2) is 6.79. The molecule has 18 heavy (non-hydrogen) atoms. The number of nitrogens with zero attached hydrogens (tertiary/aromatic N) is 1. The molecule has 0 spiro atoms. The molecular weight excluding hydrogens is 220 g/mol. The number of benzene rings is 1. The zero-order valence-electron chi connectivity index (χ0n) is 11.5.